The number of carbonyl (C=O) groups is 1. The van der Waals surface area contributed by atoms with Gasteiger partial charge in [0.1, 0.15) is 5.76 Å². The predicted octanol–water partition coefficient (Wildman–Crippen LogP) is 3.58. The molecule has 1 aromatic heterocycles. The molecule has 3 nitrogen and oxygen atoms in total. The van der Waals surface area contributed by atoms with Crippen molar-refractivity contribution in [2.45, 2.75) is 6.54 Å². The lowest BCUT2D eigenvalue weighted by atomic mass is 10.2. The van der Waals surface area contributed by atoms with E-state index >= 15 is 0 Å². The number of furan rings is 1. The molecule has 0 saturated heterocycles. The van der Waals surface area contributed by atoms with Crippen LogP contribution in [0.1, 0.15) is 16.1 Å². The van der Waals surface area contributed by atoms with E-state index in [-0.39, 0.29) is 5.91 Å². The number of halogens is 2. The SMILES string of the molecule is O=C(NCc1ccco1)c1cc(Br)ccc1I. The Hall–Kier alpha value is -0.820. The van der Waals surface area contributed by atoms with Crippen molar-refractivity contribution >= 4 is 44.4 Å². The van der Waals surface area contributed by atoms with Crippen molar-refractivity contribution in [1.82, 2.24) is 5.32 Å². The monoisotopic (exact) mass is 405 g/mol. The lowest BCUT2D eigenvalue weighted by Gasteiger charge is -2.06. The molecule has 1 heterocycles. The Labute approximate surface area is 121 Å². The van der Waals surface area contributed by atoms with Crippen molar-refractivity contribution in [3.63, 3.8) is 0 Å². The third-order valence-electron chi connectivity index (χ3n) is 2.18. The van der Waals surface area contributed by atoms with Crippen LogP contribution in [0.25, 0.3) is 0 Å². The Morgan fingerprint density at radius 1 is 1.41 bits per heavy atom. The van der Waals surface area contributed by atoms with Crippen LogP contribution in [0.2, 0.25) is 0 Å². The van der Waals surface area contributed by atoms with Crippen molar-refractivity contribution < 1.29 is 9.21 Å². The molecule has 0 radical (unpaired) electrons. The molecule has 88 valence electrons. The van der Waals surface area contributed by atoms with Crippen molar-refractivity contribution in [3.05, 3.63) is 56.0 Å². The first-order valence-corrected chi connectivity index (χ1v) is 6.79. The summed E-state index contributed by atoms with van der Waals surface area (Å²) in [6.07, 6.45) is 1.59. The summed E-state index contributed by atoms with van der Waals surface area (Å²) in [5.74, 6) is 0.635. The minimum Gasteiger partial charge on any atom is -0.467 e. The molecule has 0 unspecified atom stereocenters. The van der Waals surface area contributed by atoms with Crippen molar-refractivity contribution in [2.75, 3.05) is 0 Å². The number of amides is 1. The highest BCUT2D eigenvalue weighted by Gasteiger charge is 2.10. The second kappa shape index (κ2) is 5.68. The molecule has 5 heteroatoms. The van der Waals surface area contributed by atoms with E-state index in [0.29, 0.717) is 12.1 Å². The molecule has 17 heavy (non-hydrogen) atoms. The summed E-state index contributed by atoms with van der Waals surface area (Å²) in [6.45, 7) is 0.397. The van der Waals surface area contributed by atoms with E-state index < -0.39 is 0 Å². The third-order valence-corrected chi connectivity index (χ3v) is 3.61. The van der Waals surface area contributed by atoms with Crippen LogP contribution in [0.15, 0.2) is 45.5 Å². The van der Waals surface area contributed by atoms with Gasteiger partial charge in [-0.25, -0.2) is 0 Å². The second-order valence-corrected chi connectivity index (χ2v) is 5.46. The molecule has 2 rings (SSSR count). The first-order chi connectivity index (χ1) is 8.16. The van der Waals surface area contributed by atoms with Crippen LogP contribution in [-0.4, -0.2) is 5.91 Å². The molecule has 0 fully saturated rings. The van der Waals surface area contributed by atoms with Crippen LogP contribution in [0.4, 0.5) is 0 Å². The number of hydrogen-bond acceptors (Lipinski definition) is 2. The quantitative estimate of drug-likeness (QED) is 0.793. The van der Waals surface area contributed by atoms with Gasteiger partial charge < -0.3 is 9.73 Å². The fraction of sp³-hybridized carbons (Fsp3) is 0.0833. The summed E-state index contributed by atoms with van der Waals surface area (Å²) < 4.78 is 6.96. The number of carbonyl (C=O) groups excluding carboxylic acids is 1. The summed E-state index contributed by atoms with van der Waals surface area (Å²) in [5, 5.41) is 2.81. The summed E-state index contributed by atoms with van der Waals surface area (Å²) in [7, 11) is 0. The topological polar surface area (TPSA) is 42.2 Å². The second-order valence-electron chi connectivity index (χ2n) is 3.39. The normalized spacial score (nSPS) is 10.2. The maximum atomic E-state index is 11.9. The Morgan fingerprint density at radius 3 is 2.94 bits per heavy atom. The zero-order valence-corrected chi connectivity index (χ0v) is 12.5. The van der Waals surface area contributed by atoms with Gasteiger partial charge in [0.2, 0.25) is 0 Å². The molecule has 0 aliphatic rings. The lowest BCUT2D eigenvalue weighted by Crippen LogP contribution is -2.23. The number of rotatable bonds is 3. The minimum absolute atomic E-state index is 0.105. The smallest absolute Gasteiger partial charge is 0.252 e. The Bertz CT molecular complexity index is 525. The van der Waals surface area contributed by atoms with E-state index in [4.69, 9.17) is 4.42 Å². The van der Waals surface area contributed by atoms with Crippen LogP contribution in [0, 0.1) is 3.57 Å². The summed E-state index contributed by atoms with van der Waals surface area (Å²) in [6, 6.07) is 9.23. The molecule has 1 N–H and O–H groups in total. The summed E-state index contributed by atoms with van der Waals surface area (Å²) in [5.41, 5.74) is 0.659. The molecule has 0 bridgehead atoms. The van der Waals surface area contributed by atoms with E-state index in [9.17, 15) is 4.79 Å². The Morgan fingerprint density at radius 2 is 2.24 bits per heavy atom. The average molecular weight is 406 g/mol. The Kier molecular flexibility index (Phi) is 4.22. The minimum atomic E-state index is -0.105. The molecule has 1 amide bonds. The summed E-state index contributed by atoms with van der Waals surface area (Å²) >= 11 is 5.49. The van der Waals surface area contributed by atoms with Gasteiger partial charge in [0, 0.05) is 8.04 Å². The van der Waals surface area contributed by atoms with Crippen molar-refractivity contribution in [3.8, 4) is 0 Å². The molecule has 0 spiro atoms. The van der Waals surface area contributed by atoms with Crippen LogP contribution in [0.5, 0.6) is 0 Å². The van der Waals surface area contributed by atoms with Gasteiger partial charge in [-0.3, -0.25) is 4.79 Å². The van der Waals surface area contributed by atoms with Gasteiger partial charge in [0.15, 0.2) is 0 Å². The van der Waals surface area contributed by atoms with Crippen molar-refractivity contribution in [1.29, 1.82) is 0 Å². The molecular weight excluding hydrogens is 397 g/mol. The van der Waals surface area contributed by atoms with E-state index in [1.165, 1.54) is 0 Å². The van der Waals surface area contributed by atoms with E-state index in [1.807, 2.05) is 18.2 Å². The molecule has 0 saturated carbocycles. The highest BCUT2D eigenvalue weighted by Crippen LogP contribution is 2.18. The van der Waals surface area contributed by atoms with Gasteiger partial charge in [-0.2, -0.15) is 0 Å². The predicted molar refractivity (Wildman–Crippen MR) is 76.7 cm³/mol. The number of benzene rings is 1. The molecule has 2 aromatic rings. The Balaban J connectivity index is 2.07. The van der Waals surface area contributed by atoms with Gasteiger partial charge >= 0.3 is 0 Å². The van der Waals surface area contributed by atoms with Gasteiger partial charge in [-0.05, 0) is 52.9 Å². The van der Waals surface area contributed by atoms with E-state index in [1.54, 1.807) is 18.4 Å². The molecular formula is C12H9BrINO2. The van der Waals surface area contributed by atoms with E-state index in [2.05, 4.69) is 43.8 Å². The molecule has 0 aliphatic heterocycles. The van der Waals surface area contributed by atoms with Gasteiger partial charge in [0.25, 0.3) is 5.91 Å². The fourth-order valence-electron chi connectivity index (χ4n) is 1.35. The van der Waals surface area contributed by atoms with Crippen LogP contribution in [-0.2, 0) is 6.54 Å². The lowest BCUT2D eigenvalue weighted by molar-refractivity contribution is 0.0947. The standard InChI is InChI=1S/C12H9BrINO2/c13-8-3-4-11(14)10(6-8)12(16)15-7-9-2-1-5-17-9/h1-6H,7H2,(H,15,16). The van der Waals surface area contributed by atoms with Crippen LogP contribution >= 0.6 is 38.5 Å². The maximum absolute atomic E-state index is 11.9. The highest BCUT2D eigenvalue weighted by molar-refractivity contribution is 14.1. The third kappa shape index (κ3) is 3.32. The van der Waals surface area contributed by atoms with Gasteiger partial charge in [0.05, 0.1) is 18.4 Å². The first kappa shape index (κ1) is 12.6. The highest BCUT2D eigenvalue weighted by atomic mass is 127. The average Bonchev–Trinajstić information content (AvgIpc) is 2.82. The van der Waals surface area contributed by atoms with Crippen LogP contribution in [0.3, 0.4) is 0 Å². The summed E-state index contributed by atoms with van der Waals surface area (Å²) in [4.78, 5) is 11.9. The molecule has 0 aliphatic carbocycles. The van der Waals surface area contributed by atoms with Crippen LogP contribution < -0.4 is 5.32 Å². The zero-order chi connectivity index (χ0) is 12.3. The first-order valence-electron chi connectivity index (χ1n) is 4.92. The van der Waals surface area contributed by atoms with Gasteiger partial charge in [-0.15, -0.1) is 0 Å². The molecule has 1 aromatic carbocycles. The largest absolute Gasteiger partial charge is 0.467 e. The van der Waals surface area contributed by atoms with Crippen molar-refractivity contribution in [2.24, 2.45) is 0 Å². The fourth-order valence-corrected chi connectivity index (χ4v) is 2.29. The zero-order valence-electron chi connectivity index (χ0n) is 8.74. The number of nitrogens with one attached hydrogen (secondary N) is 1. The number of hydrogen-bond donors (Lipinski definition) is 1. The molecule has 0 atom stereocenters. The maximum Gasteiger partial charge on any atom is 0.252 e. The van der Waals surface area contributed by atoms with Gasteiger partial charge in [-0.1, -0.05) is 15.9 Å². The van der Waals surface area contributed by atoms with E-state index in [0.717, 1.165) is 13.8 Å².